The summed E-state index contributed by atoms with van der Waals surface area (Å²) in [6, 6.07) is 5.90. The number of hydrogen-bond donors (Lipinski definition) is 0. The number of halogens is 1. The van der Waals surface area contributed by atoms with E-state index in [0.29, 0.717) is 45.5 Å². The van der Waals surface area contributed by atoms with Gasteiger partial charge in [-0.15, -0.1) is 11.6 Å². The van der Waals surface area contributed by atoms with Gasteiger partial charge in [-0.25, -0.2) is 0 Å². The molecule has 4 nitrogen and oxygen atoms in total. The molecule has 114 valence electrons. The Bertz CT molecular complexity index is 371. The average Bonchev–Trinajstić information content (AvgIpc) is 2.47. The molecule has 20 heavy (non-hydrogen) atoms. The molecule has 1 aromatic carbocycles. The molecule has 0 aliphatic carbocycles. The van der Waals surface area contributed by atoms with E-state index in [1.807, 2.05) is 25.1 Å². The fourth-order valence-electron chi connectivity index (χ4n) is 1.64. The lowest BCUT2D eigenvalue weighted by Crippen LogP contribution is -2.12. The lowest BCUT2D eigenvalue weighted by Gasteiger charge is -2.11. The topological polar surface area (TPSA) is 36.9 Å². The Balaban J connectivity index is 2.09. The number of ether oxygens (including phenoxy) is 4. The Labute approximate surface area is 125 Å². The fourth-order valence-corrected chi connectivity index (χ4v) is 1.93. The zero-order valence-corrected chi connectivity index (χ0v) is 12.9. The number of rotatable bonds is 11. The van der Waals surface area contributed by atoms with Crippen molar-refractivity contribution in [3.8, 4) is 5.75 Å². The maximum atomic E-state index is 5.86. The molecule has 0 unspecified atom stereocenters. The summed E-state index contributed by atoms with van der Waals surface area (Å²) < 4.78 is 21.2. The van der Waals surface area contributed by atoms with Gasteiger partial charge < -0.3 is 18.9 Å². The quantitative estimate of drug-likeness (QED) is 0.465. The highest BCUT2D eigenvalue weighted by atomic mass is 35.5. The minimum absolute atomic E-state index is 0.498. The summed E-state index contributed by atoms with van der Waals surface area (Å²) >= 11 is 5.86. The average molecular weight is 303 g/mol. The molecule has 0 saturated carbocycles. The highest BCUT2D eigenvalue weighted by Crippen LogP contribution is 2.22. The first-order valence-electron chi connectivity index (χ1n) is 6.71. The predicted molar refractivity (Wildman–Crippen MR) is 79.7 cm³/mol. The minimum atomic E-state index is 0.498. The van der Waals surface area contributed by atoms with E-state index in [1.165, 1.54) is 0 Å². The number of benzene rings is 1. The molecule has 0 bridgehead atoms. The summed E-state index contributed by atoms with van der Waals surface area (Å²) in [6.07, 6.45) is 0. The SMILES string of the molecule is COCCOCCOCCOc1cccc(CCl)c1C. The summed E-state index contributed by atoms with van der Waals surface area (Å²) in [4.78, 5) is 0. The van der Waals surface area contributed by atoms with E-state index in [2.05, 4.69) is 0 Å². The summed E-state index contributed by atoms with van der Waals surface area (Å²) in [7, 11) is 1.65. The maximum Gasteiger partial charge on any atom is 0.122 e. The van der Waals surface area contributed by atoms with E-state index in [4.69, 9.17) is 30.5 Å². The fraction of sp³-hybridized carbons (Fsp3) is 0.600. The smallest absolute Gasteiger partial charge is 0.122 e. The molecule has 0 amide bonds. The largest absolute Gasteiger partial charge is 0.491 e. The first-order chi connectivity index (χ1) is 9.79. The van der Waals surface area contributed by atoms with Gasteiger partial charge >= 0.3 is 0 Å². The minimum Gasteiger partial charge on any atom is -0.491 e. The molecule has 5 heteroatoms. The van der Waals surface area contributed by atoms with E-state index < -0.39 is 0 Å². The third-order valence-electron chi connectivity index (χ3n) is 2.83. The Kier molecular flexibility index (Phi) is 9.41. The zero-order chi connectivity index (χ0) is 14.6. The van der Waals surface area contributed by atoms with Gasteiger partial charge in [0.2, 0.25) is 0 Å². The van der Waals surface area contributed by atoms with Crippen LogP contribution in [0.15, 0.2) is 18.2 Å². The number of methoxy groups -OCH3 is 1. The Morgan fingerprint density at radius 3 is 2.25 bits per heavy atom. The molecule has 0 spiro atoms. The summed E-state index contributed by atoms with van der Waals surface area (Å²) in [5.41, 5.74) is 2.18. The second-order valence-corrected chi connectivity index (χ2v) is 4.51. The van der Waals surface area contributed by atoms with E-state index >= 15 is 0 Å². The van der Waals surface area contributed by atoms with Crippen LogP contribution in [0.25, 0.3) is 0 Å². The molecule has 0 fully saturated rings. The van der Waals surface area contributed by atoms with Crippen molar-refractivity contribution in [3.63, 3.8) is 0 Å². The maximum absolute atomic E-state index is 5.86. The lowest BCUT2D eigenvalue weighted by atomic mass is 10.1. The van der Waals surface area contributed by atoms with Crippen molar-refractivity contribution in [2.75, 3.05) is 46.8 Å². The Morgan fingerprint density at radius 2 is 1.60 bits per heavy atom. The molecule has 0 saturated heterocycles. The van der Waals surface area contributed by atoms with Crippen LogP contribution in [0, 0.1) is 6.92 Å². The zero-order valence-electron chi connectivity index (χ0n) is 12.2. The van der Waals surface area contributed by atoms with Crippen molar-refractivity contribution in [1.82, 2.24) is 0 Å². The second kappa shape index (κ2) is 10.9. The molecule has 0 atom stereocenters. The van der Waals surface area contributed by atoms with Crippen LogP contribution in [-0.2, 0) is 20.1 Å². The first kappa shape index (κ1) is 17.2. The molecule has 0 heterocycles. The highest BCUT2D eigenvalue weighted by Gasteiger charge is 2.03. The van der Waals surface area contributed by atoms with Crippen LogP contribution in [0.2, 0.25) is 0 Å². The van der Waals surface area contributed by atoms with Crippen LogP contribution in [-0.4, -0.2) is 46.8 Å². The van der Waals surface area contributed by atoms with Crippen LogP contribution in [0.3, 0.4) is 0 Å². The molecular formula is C15H23ClO4. The second-order valence-electron chi connectivity index (χ2n) is 4.24. The molecule has 0 aliphatic rings. The summed E-state index contributed by atoms with van der Waals surface area (Å²) in [6.45, 7) is 5.42. The van der Waals surface area contributed by atoms with Gasteiger partial charge in [-0.3, -0.25) is 0 Å². The highest BCUT2D eigenvalue weighted by molar-refractivity contribution is 6.17. The molecular weight excluding hydrogens is 280 g/mol. The molecule has 0 N–H and O–H groups in total. The molecule has 0 aromatic heterocycles. The predicted octanol–water partition coefficient (Wildman–Crippen LogP) is 2.79. The van der Waals surface area contributed by atoms with Gasteiger partial charge in [-0.2, -0.15) is 0 Å². The standard InChI is InChI=1S/C15H23ClO4/c1-13-14(12-16)4-3-5-15(13)20-11-10-19-9-8-18-7-6-17-2/h3-5H,6-12H2,1-2H3. The van der Waals surface area contributed by atoms with Crippen LogP contribution in [0.1, 0.15) is 11.1 Å². The Hall–Kier alpha value is -0.810. The van der Waals surface area contributed by atoms with Gasteiger partial charge in [-0.05, 0) is 24.1 Å². The molecule has 0 aliphatic heterocycles. The number of alkyl halides is 1. The van der Waals surface area contributed by atoms with Gasteiger partial charge in [0.15, 0.2) is 0 Å². The van der Waals surface area contributed by atoms with Crippen molar-refractivity contribution in [1.29, 1.82) is 0 Å². The van der Waals surface area contributed by atoms with E-state index in [1.54, 1.807) is 7.11 Å². The normalized spacial score (nSPS) is 10.8. The molecule has 1 aromatic rings. The summed E-state index contributed by atoms with van der Waals surface area (Å²) in [5, 5.41) is 0. The summed E-state index contributed by atoms with van der Waals surface area (Å²) in [5.74, 6) is 1.36. The van der Waals surface area contributed by atoms with E-state index in [-0.39, 0.29) is 0 Å². The van der Waals surface area contributed by atoms with Crippen LogP contribution in [0.4, 0.5) is 0 Å². The van der Waals surface area contributed by atoms with Crippen molar-refractivity contribution >= 4 is 11.6 Å². The Morgan fingerprint density at radius 1 is 0.950 bits per heavy atom. The third-order valence-corrected chi connectivity index (χ3v) is 3.12. The molecule has 1 rings (SSSR count). The van der Waals surface area contributed by atoms with E-state index in [9.17, 15) is 0 Å². The first-order valence-corrected chi connectivity index (χ1v) is 7.24. The monoisotopic (exact) mass is 302 g/mol. The third kappa shape index (κ3) is 6.57. The van der Waals surface area contributed by atoms with Gasteiger partial charge in [0.25, 0.3) is 0 Å². The molecule has 0 radical (unpaired) electrons. The van der Waals surface area contributed by atoms with Crippen molar-refractivity contribution in [2.24, 2.45) is 0 Å². The van der Waals surface area contributed by atoms with Gasteiger partial charge in [0.1, 0.15) is 12.4 Å². The van der Waals surface area contributed by atoms with Crippen LogP contribution >= 0.6 is 11.6 Å². The van der Waals surface area contributed by atoms with Crippen LogP contribution in [0.5, 0.6) is 5.75 Å². The van der Waals surface area contributed by atoms with Gasteiger partial charge in [0, 0.05) is 13.0 Å². The van der Waals surface area contributed by atoms with Crippen molar-refractivity contribution in [2.45, 2.75) is 12.8 Å². The van der Waals surface area contributed by atoms with E-state index in [0.717, 1.165) is 16.9 Å². The van der Waals surface area contributed by atoms with Crippen LogP contribution < -0.4 is 4.74 Å². The van der Waals surface area contributed by atoms with Gasteiger partial charge in [-0.1, -0.05) is 12.1 Å². The van der Waals surface area contributed by atoms with Crippen molar-refractivity contribution in [3.05, 3.63) is 29.3 Å². The van der Waals surface area contributed by atoms with Crippen molar-refractivity contribution < 1.29 is 18.9 Å². The van der Waals surface area contributed by atoms with Gasteiger partial charge in [0.05, 0.1) is 33.0 Å². The lowest BCUT2D eigenvalue weighted by molar-refractivity contribution is 0.0179. The number of hydrogen-bond acceptors (Lipinski definition) is 4.